The molecular weight excluding hydrogens is 394 g/mol. The molecule has 2 aromatic rings. The van der Waals surface area contributed by atoms with Gasteiger partial charge in [-0.25, -0.2) is 8.42 Å². The van der Waals surface area contributed by atoms with Crippen molar-refractivity contribution in [3.8, 4) is 0 Å². The van der Waals surface area contributed by atoms with Crippen LogP contribution >= 0.6 is 0 Å². The molecule has 0 fully saturated rings. The Hall–Kier alpha value is -2.55. The SMILES string of the molecule is O=S(=O)(C(=CC(F)(F)F)c1ccccc1)C(=CC(F)(F)F)c1ccccc1. The minimum atomic E-state index is -5.15. The lowest BCUT2D eigenvalue weighted by Gasteiger charge is -2.15. The van der Waals surface area contributed by atoms with Crippen LogP contribution in [0.1, 0.15) is 11.1 Å². The van der Waals surface area contributed by atoms with E-state index < -0.39 is 44.2 Å². The first-order valence-electron chi connectivity index (χ1n) is 7.35. The molecule has 2 aromatic carbocycles. The molecule has 0 radical (unpaired) electrons. The summed E-state index contributed by atoms with van der Waals surface area (Å²) in [4.78, 5) is -2.54. The van der Waals surface area contributed by atoms with Gasteiger partial charge in [0, 0.05) is 12.2 Å². The number of benzene rings is 2. The second-order valence-corrected chi connectivity index (χ2v) is 7.22. The zero-order valence-corrected chi connectivity index (χ0v) is 14.2. The first kappa shape index (κ1) is 20.8. The van der Waals surface area contributed by atoms with E-state index in [0.717, 1.165) is 24.3 Å². The van der Waals surface area contributed by atoms with E-state index in [0.29, 0.717) is 0 Å². The molecule has 2 rings (SSSR count). The van der Waals surface area contributed by atoms with Crippen LogP contribution in [0.2, 0.25) is 0 Å². The second kappa shape index (κ2) is 7.59. The normalized spacial score (nSPS) is 14.3. The third-order valence-corrected chi connectivity index (χ3v) is 5.15. The van der Waals surface area contributed by atoms with Gasteiger partial charge in [0.05, 0.1) is 9.81 Å². The average molecular weight is 406 g/mol. The monoisotopic (exact) mass is 406 g/mol. The van der Waals surface area contributed by atoms with E-state index in [2.05, 4.69) is 0 Å². The fourth-order valence-electron chi connectivity index (χ4n) is 2.25. The second-order valence-electron chi connectivity index (χ2n) is 5.34. The van der Waals surface area contributed by atoms with Crippen molar-refractivity contribution in [3.05, 3.63) is 83.9 Å². The molecule has 0 bridgehead atoms. The van der Waals surface area contributed by atoms with Gasteiger partial charge >= 0.3 is 12.4 Å². The Morgan fingerprint density at radius 1 is 0.630 bits per heavy atom. The number of rotatable bonds is 4. The van der Waals surface area contributed by atoms with E-state index in [1.54, 1.807) is 0 Å². The lowest BCUT2D eigenvalue weighted by molar-refractivity contribution is -0.0800. The van der Waals surface area contributed by atoms with Gasteiger partial charge in [-0.3, -0.25) is 0 Å². The standard InChI is InChI=1S/C18H12F6O2S/c19-17(20,21)11-15(13-7-3-1-4-8-13)27(25,26)16(12-18(22,23)24)14-9-5-2-6-10-14/h1-12H. The van der Waals surface area contributed by atoms with E-state index in [9.17, 15) is 34.8 Å². The van der Waals surface area contributed by atoms with Crippen LogP contribution in [0.3, 0.4) is 0 Å². The van der Waals surface area contributed by atoms with Crippen LogP contribution in [-0.4, -0.2) is 20.8 Å². The maximum atomic E-state index is 12.9. The van der Waals surface area contributed by atoms with Crippen molar-refractivity contribution in [2.24, 2.45) is 0 Å². The quantitative estimate of drug-likeness (QED) is 0.619. The van der Waals surface area contributed by atoms with Gasteiger partial charge in [-0.15, -0.1) is 0 Å². The zero-order chi connectivity index (χ0) is 20.3. The molecule has 0 atom stereocenters. The molecule has 2 nitrogen and oxygen atoms in total. The summed E-state index contributed by atoms with van der Waals surface area (Å²) in [5.74, 6) is 0. The minimum absolute atomic E-state index is 0.376. The summed E-state index contributed by atoms with van der Waals surface area (Å²) >= 11 is 0. The zero-order valence-electron chi connectivity index (χ0n) is 13.4. The van der Waals surface area contributed by atoms with E-state index in [1.165, 1.54) is 36.4 Å². The summed E-state index contributed by atoms with van der Waals surface area (Å²) in [6, 6.07) is 12.3. The molecule has 27 heavy (non-hydrogen) atoms. The molecule has 0 spiro atoms. The fourth-order valence-corrected chi connectivity index (χ4v) is 3.96. The van der Waals surface area contributed by atoms with Crippen molar-refractivity contribution in [2.75, 3.05) is 0 Å². The van der Waals surface area contributed by atoms with Gasteiger partial charge < -0.3 is 0 Å². The van der Waals surface area contributed by atoms with Gasteiger partial charge in [0.2, 0.25) is 9.84 Å². The van der Waals surface area contributed by atoms with Crippen LogP contribution in [0.15, 0.2) is 72.8 Å². The van der Waals surface area contributed by atoms with Gasteiger partial charge in [-0.05, 0) is 11.1 Å². The van der Waals surface area contributed by atoms with Gasteiger partial charge in [-0.1, -0.05) is 60.7 Å². The van der Waals surface area contributed by atoms with Crippen molar-refractivity contribution in [2.45, 2.75) is 12.4 Å². The highest BCUT2D eigenvalue weighted by Crippen LogP contribution is 2.37. The molecule has 0 heterocycles. The number of hydrogen-bond acceptors (Lipinski definition) is 2. The number of allylic oxidation sites excluding steroid dienone is 2. The number of hydrogen-bond donors (Lipinski definition) is 0. The third kappa shape index (κ3) is 5.72. The van der Waals surface area contributed by atoms with Crippen LogP contribution in [0, 0.1) is 0 Å². The highest BCUT2D eigenvalue weighted by Gasteiger charge is 2.36. The van der Waals surface area contributed by atoms with E-state index in [4.69, 9.17) is 0 Å². The lowest BCUT2D eigenvalue weighted by Crippen LogP contribution is -2.14. The summed E-state index contributed by atoms with van der Waals surface area (Å²) in [7, 11) is -5.15. The summed E-state index contributed by atoms with van der Waals surface area (Å²) in [6.45, 7) is 0. The van der Waals surface area contributed by atoms with Crippen LogP contribution < -0.4 is 0 Å². The molecule has 9 heteroatoms. The van der Waals surface area contributed by atoms with Crippen LogP contribution in [0.5, 0.6) is 0 Å². The topological polar surface area (TPSA) is 34.1 Å². The molecule has 0 N–H and O–H groups in total. The van der Waals surface area contributed by atoms with Gasteiger partial charge in [-0.2, -0.15) is 26.3 Å². The summed E-state index contributed by atoms with van der Waals surface area (Å²) < 4.78 is 103. The predicted octanol–water partition coefficient (Wildman–Crippen LogP) is 5.61. The molecule has 0 aromatic heterocycles. The van der Waals surface area contributed by atoms with Crippen molar-refractivity contribution in [3.63, 3.8) is 0 Å². The summed E-state index contributed by atoms with van der Waals surface area (Å²) in [6.07, 6.45) is -11.1. The molecule has 0 saturated heterocycles. The van der Waals surface area contributed by atoms with Crippen LogP contribution in [0.25, 0.3) is 9.81 Å². The number of sulfone groups is 1. The largest absolute Gasteiger partial charge is 0.411 e. The Balaban J connectivity index is 2.79. The molecule has 0 saturated carbocycles. The van der Waals surface area contributed by atoms with Crippen molar-refractivity contribution in [1.82, 2.24) is 0 Å². The maximum Gasteiger partial charge on any atom is 0.411 e. The molecule has 0 aliphatic carbocycles. The Kier molecular flexibility index (Phi) is 5.84. The summed E-state index contributed by atoms with van der Waals surface area (Å²) in [5.41, 5.74) is -0.752. The minimum Gasteiger partial charge on any atom is -0.218 e. The Morgan fingerprint density at radius 3 is 1.19 bits per heavy atom. The molecule has 0 aliphatic rings. The van der Waals surface area contributed by atoms with Crippen molar-refractivity contribution >= 4 is 19.6 Å². The first-order chi connectivity index (χ1) is 12.4. The smallest absolute Gasteiger partial charge is 0.218 e. The lowest BCUT2D eigenvalue weighted by atomic mass is 10.2. The number of alkyl halides is 6. The van der Waals surface area contributed by atoms with E-state index in [1.807, 2.05) is 0 Å². The fraction of sp³-hybridized carbons (Fsp3) is 0.111. The third-order valence-electron chi connectivity index (χ3n) is 3.29. The average Bonchev–Trinajstić information content (AvgIpc) is 2.57. The maximum absolute atomic E-state index is 12.9. The predicted molar refractivity (Wildman–Crippen MR) is 89.9 cm³/mol. The van der Waals surface area contributed by atoms with Crippen LogP contribution in [0.4, 0.5) is 26.3 Å². The van der Waals surface area contributed by atoms with Crippen LogP contribution in [-0.2, 0) is 9.84 Å². The van der Waals surface area contributed by atoms with Crippen molar-refractivity contribution in [1.29, 1.82) is 0 Å². The first-order valence-corrected chi connectivity index (χ1v) is 8.83. The van der Waals surface area contributed by atoms with Crippen molar-refractivity contribution < 1.29 is 34.8 Å². The Morgan fingerprint density at radius 2 is 0.926 bits per heavy atom. The Bertz CT molecular complexity index is 867. The highest BCUT2D eigenvalue weighted by atomic mass is 32.2. The number of halogens is 6. The molecule has 0 aliphatic heterocycles. The summed E-state index contributed by atoms with van der Waals surface area (Å²) in [5, 5.41) is 0. The van der Waals surface area contributed by atoms with E-state index >= 15 is 0 Å². The van der Waals surface area contributed by atoms with E-state index in [-0.39, 0.29) is 11.1 Å². The van der Waals surface area contributed by atoms with Gasteiger partial charge in [0.15, 0.2) is 0 Å². The van der Waals surface area contributed by atoms with Gasteiger partial charge in [0.1, 0.15) is 0 Å². The highest BCUT2D eigenvalue weighted by molar-refractivity contribution is 8.09. The molecule has 0 unspecified atom stereocenters. The Labute approximate surface area is 151 Å². The molecule has 144 valence electrons. The molecular formula is C18H12F6O2S. The molecule has 0 amide bonds. The van der Waals surface area contributed by atoms with Gasteiger partial charge in [0.25, 0.3) is 0 Å².